The number of rotatable bonds is 2. The van der Waals surface area contributed by atoms with Crippen LogP contribution in [0, 0.1) is 0 Å². The Hall–Kier alpha value is -0.280. The molecule has 1 nitrogen and oxygen atoms in total. The Kier molecular flexibility index (Phi) is 3.66. The molecule has 0 aliphatic carbocycles. The third-order valence-electron chi connectivity index (χ3n) is 1.13. The fourth-order valence-electron chi connectivity index (χ4n) is 0.690. The van der Waals surface area contributed by atoms with Gasteiger partial charge < -0.3 is 0 Å². The van der Waals surface area contributed by atoms with Crippen LogP contribution in [-0.4, -0.2) is 10.7 Å². The van der Waals surface area contributed by atoms with Gasteiger partial charge in [0.2, 0.25) is 0 Å². The zero-order valence-corrected chi connectivity index (χ0v) is 8.35. The summed E-state index contributed by atoms with van der Waals surface area (Å²) in [5, 5.41) is 0. The normalized spacial score (nSPS) is 10.7. The van der Waals surface area contributed by atoms with Gasteiger partial charge in [0.25, 0.3) is 0 Å². The molecule has 0 unspecified atom stereocenters. The van der Waals surface area contributed by atoms with Crippen molar-refractivity contribution in [2.45, 2.75) is 0 Å². The van der Waals surface area contributed by atoms with Crippen LogP contribution >= 0.6 is 28.6 Å². The molecule has 0 aliphatic heterocycles. The van der Waals surface area contributed by atoms with Crippen LogP contribution in [0.1, 0.15) is 5.69 Å². The Morgan fingerprint density at radius 2 is 2.36 bits per heavy atom. The first-order valence-corrected chi connectivity index (χ1v) is 4.65. The molecule has 0 spiro atoms. The highest BCUT2D eigenvalue weighted by Crippen LogP contribution is 2.07. The highest BCUT2D eigenvalue weighted by Gasteiger charge is 1.88. The van der Waals surface area contributed by atoms with E-state index in [4.69, 9.17) is 0 Å². The topological polar surface area (TPSA) is 12.9 Å². The maximum absolute atomic E-state index is 4.21. The molecule has 1 aromatic heterocycles. The van der Waals surface area contributed by atoms with E-state index in [-0.39, 0.29) is 0 Å². The second kappa shape index (κ2) is 4.57. The van der Waals surface area contributed by atoms with Gasteiger partial charge in [0.15, 0.2) is 0 Å². The van der Waals surface area contributed by atoms with Crippen LogP contribution in [0.4, 0.5) is 0 Å². The lowest BCUT2D eigenvalue weighted by Gasteiger charge is -1.91. The van der Waals surface area contributed by atoms with Gasteiger partial charge in [-0.05, 0) is 34.1 Å². The van der Waals surface area contributed by atoms with Gasteiger partial charge in [-0.3, -0.25) is 0 Å². The van der Waals surface area contributed by atoms with Crippen molar-refractivity contribution in [2.24, 2.45) is 0 Å². The van der Waals surface area contributed by atoms with Crippen molar-refractivity contribution < 1.29 is 0 Å². The van der Waals surface area contributed by atoms with Crippen LogP contribution in [-0.2, 0) is 0 Å². The number of aromatic nitrogens is 1. The predicted molar refractivity (Wildman–Crippen MR) is 54.8 cm³/mol. The molecule has 0 aliphatic rings. The average molecular weight is 230 g/mol. The van der Waals surface area contributed by atoms with Crippen molar-refractivity contribution in [3.63, 3.8) is 0 Å². The summed E-state index contributed by atoms with van der Waals surface area (Å²) in [6.45, 7) is 0. The van der Waals surface area contributed by atoms with Crippen LogP contribution in [0.2, 0.25) is 0 Å². The highest BCUT2D eigenvalue weighted by atomic mass is 79.9. The molecule has 0 N–H and O–H groups in total. The number of pyridine rings is 1. The summed E-state index contributed by atoms with van der Waals surface area (Å²) in [5.74, 6) is 0.744. The van der Waals surface area contributed by atoms with E-state index in [2.05, 4.69) is 33.5 Å². The molecule has 58 valence electrons. The van der Waals surface area contributed by atoms with E-state index >= 15 is 0 Å². The van der Waals surface area contributed by atoms with E-state index in [0.29, 0.717) is 0 Å². The molecular formula is C8H8BrNS. The lowest BCUT2D eigenvalue weighted by Crippen LogP contribution is -1.79. The van der Waals surface area contributed by atoms with Crippen molar-refractivity contribution in [3.05, 3.63) is 34.6 Å². The van der Waals surface area contributed by atoms with Crippen molar-refractivity contribution in [3.8, 4) is 0 Å². The molecule has 0 amide bonds. The van der Waals surface area contributed by atoms with Gasteiger partial charge in [-0.25, -0.2) is 4.98 Å². The number of hydrogen-bond acceptors (Lipinski definition) is 2. The molecule has 0 aromatic carbocycles. The van der Waals surface area contributed by atoms with Crippen molar-refractivity contribution in [1.29, 1.82) is 0 Å². The summed E-state index contributed by atoms with van der Waals surface area (Å²) in [4.78, 5) is 4.21. The van der Waals surface area contributed by atoms with Crippen LogP contribution < -0.4 is 0 Å². The molecule has 3 heteroatoms. The van der Waals surface area contributed by atoms with Crippen LogP contribution in [0.15, 0.2) is 28.9 Å². The maximum atomic E-state index is 4.21. The summed E-state index contributed by atoms with van der Waals surface area (Å²) >= 11 is 7.34. The molecule has 0 fully saturated rings. The van der Waals surface area contributed by atoms with Gasteiger partial charge in [-0.2, -0.15) is 12.6 Å². The largest absolute Gasteiger partial charge is 0.242 e. The number of halogens is 1. The van der Waals surface area contributed by atoms with E-state index in [1.165, 1.54) is 0 Å². The van der Waals surface area contributed by atoms with E-state index in [1.54, 1.807) is 0 Å². The molecule has 1 heterocycles. The second-order valence-electron chi connectivity index (χ2n) is 1.97. The molecule has 0 radical (unpaired) electrons. The Bertz CT molecular complexity index is 260. The number of hydrogen-bond donors (Lipinski definition) is 1. The van der Waals surface area contributed by atoms with Crippen molar-refractivity contribution >= 4 is 34.6 Å². The van der Waals surface area contributed by atoms with Gasteiger partial charge in [-0.15, -0.1) is 0 Å². The Balaban J connectivity index is 2.79. The van der Waals surface area contributed by atoms with Crippen molar-refractivity contribution in [2.75, 3.05) is 5.75 Å². The lowest BCUT2D eigenvalue weighted by atomic mass is 10.3. The average Bonchev–Trinajstić information content (AvgIpc) is 2.01. The third-order valence-corrected chi connectivity index (χ3v) is 1.78. The Morgan fingerprint density at radius 1 is 1.55 bits per heavy atom. The molecule has 11 heavy (non-hydrogen) atoms. The summed E-state index contributed by atoms with van der Waals surface area (Å²) < 4.78 is 0.860. The zero-order chi connectivity index (χ0) is 8.10. The first-order valence-electron chi connectivity index (χ1n) is 3.23. The molecule has 1 aromatic rings. The molecule has 0 saturated carbocycles. The number of nitrogens with zero attached hydrogens (tertiary/aromatic N) is 1. The predicted octanol–water partition coefficient (Wildman–Crippen LogP) is 2.79. The maximum Gasteiger partial charge on any atom is 0.106 e. The minimum absolute atomic E-state index is 0.744. The van der Waals surface area contributed by atoms with E-state index in [1.807, 2.05) is 30.4 Å². The minimum Gasteiger partial charge on any atom is -0.242 e. The Labute approximate surface area is 80.1 Å². The van der Waals surface area contributed by atoms with Crippen LogP contribution in [0.3, 0.4) is 0 Å². The van der Waals surface area contributed by atoms with Crippen molar-refractivity contribution in [1.82, 2.24) is 4.98 Å². The summed E-state index contributed by atoms with van der Waals surface area (Å²) in [6.07, 6.45) is 3.90. The molecule has 0 bridgehead atoms. The molecular weight excluding hydrogens is 222 g/mol. The zero-order valence-electron chi connectivity index (χ0n) is 5.87. The lowest BCUT2D eigenvalue weighted by molar-refractivity contribution is 1.25. The van der Waals surface area contributed by atoms with Gasteiger partial charge >= 0.3 is 0 Å². The van der Waals surface area contributed by atoms with E-state index in [9.17, 15) is 0 Å². The van der Waals surface area contributed by atoms with Gasteiger partial charge in [-0.1, -0.05) is 12.1 Å². The summed E-state index contributed by atoms with van der Waals surface area (Å²) in [6, 6.07) is 5.80. The SMILES string of the molecule is SCC=Cc1cccc(Br)n1. The van der Waals surface area contributed by atoms with E-state index in [0.717, 1.165) is 16.0 Å². The summed E-state index contributed by atoms with van der Waals surface area (Å²) in [7, 11) is 0. The monoisotopic (exact) mass is 229 g/mol. The minimum atomic E-state index is 0.744. The first-order chi connectivity index (χ1) is 5.33. The summed E-state index contributed by atoms with van der Waals surface area (Å²) in [5.41, 5.74) is 0.952. The van der Waals surface area contributed by atoms with Gasteiger partial charge in [0.1, 0.15) is 4.60 Å². The highest BCUT2D eigenvalue weighted by molar-refractivity contribution is 9.10. The standard InChI is InChI=1S/C8H8BrNS/c9-8-5-1-3-7(10-8)4-2-6-11/h1-5,11H,6H2. The Morgan fingerprint density at radius 3 is 3.00 bits per heavy atom. The number of thiol groups is 1. The van der Waals surface area contributed by atoms with Gasteiger partial charge in [0.05, 0.1) is 5.69 Å². The smallest absolute Gasteiger partial charge is 0.106 e. The quantitative estimate of drug-likeness (QED) is 0.608. The van der Waals surface area contributed by atoms with Crippen LogP contribution in [0.5, 0.6) is 0 Å². The molecule has 1 rings (SSSR count). The first kappa shape index (κ1) is 8.81. The van der Waals surface area contributed by atoms with E-state index < -0.39 is 0 Å². The third kappa shape index (κ3) is 3.08. The van der Waals surface area contributed by atoms with Gasteiger partial charge in [0, 0.05) is 5.75 Å². The fourth-order valence-corrected chi connectivity index (χ4v) is 1.15. The fraction of sp³-hybridized carbons (Fsp3) is 0.125. The molecule has 0 saturated heterocycles. The second-order valence-corrected chi connectivity index (χ2v) is 3.15. The molecule has 0 atom stereocenters. The van der Waals surface area contributed by atoms with Crippen LogP contribution in [0.25, 0.3) is 6.08 Å².